The van der Waals surface area contributed by atoms with Gasteiger partial charge in [0, 0.05) is 29.8 Å². The number of amides is 1. The van der Waals surface area contributed by atoms with Crippen LogP contribution in [0.5, 0.6) is 0 Å². The van der Waals surface area contributed by atoms with E-state index in [2.05, 4.69) is 30.6 Å². The van der Waals surface area contributed by atoms with Crippen molar-refractivity contribution in [3.63, 3.8) is 0 Å². The highest BCUT2D eigenvalue weighted by atomic mass is 16.5. The molecular weight excluding hydrogens is 448 g/mol. The molecular formula is C25H24N6O4. The molecule has 5 rings (SSSR count). The van der Waals surface area contributed by atoms with Crippen LogP contribution in [-0.2, 0) is 4.74 Å². The van der Waals surface area contributed by atoms with Crippen molar-refractivity contribution in [1.29, 1.82) is 0 Å². The highest BCUT2D eigenvalue weighted by molar-refractivity contribution is 6.18. The standard InChI is InChI=1S/C25H24N6O4/c32-12-19-8-7-18(13-35-19)30-24-21-20(11-27-23(21)28-14-29-24)22(33)15-3-5-17(6-4-15)31-25(34)16-2-1-9-26-10-16/h1-6,9-11,14,18-19,32H,7-8,12-13H2,(H,31,34)(H2,27,28,29,30)/t18-,19+/m1/s1. The third-order valence-corrected chi connectivity index (χ3v) is 5.96. The van der Waals surface area contributed by atoms with Crippen LogP contribution in [0.25, 0.3) is 11.0 Å². The summed E-state index contributed by atoms with van der Waals surface area (Å²) in [4.78, 5) is 41.3. The fraction of sp³-hybridized carbons (Fsp3) is 0.240. The van der Waals surface area contributed by atoms with E-state index in [1.807, 2.05) is 0 Å². The number of ether oxygens (including phenoxy) is 1. The number of hydrogen-bond acceptors (Lipinski definition) is 8. The first-order valence-corrected chi connectivity index (χ1v) is 11.3. The number of rotatable bonds is 7. The minimum atomic E-state index is -0.279. The Bertz CT molecular complexity index is 1330. The number of benzene rings is 1. The van der Waals surface area contributed by atoms with Crippen LogP contribution in [0.4, 0.5) is 11.5 Å². The van der Waals surface area contributed by atoms with Gasteiger partial charge in [0.1, 0.15) is 17.8 Å². The summed E-state index contributed by atoms with van der Waals surface area (Å²) in [7, 11) is 0. The number of carbonyl (C=O) groups excluding carboxylic acids is 2. The number of fused-ring (bicyclic) bond motifs is 1. The maximum Gasteiger partial charge on any atom is 0.257 e. The van der Waals surface area contributed by atoms with E-state index in [1.165, 1.54) is 12.5 Å². The van der Waals surface area contributed by atoms with Crippen molar-refractivity contribution in [1.82, 2.24) is 19.9 Å². The number of nitrogens with one attached hydrogen (secondary N) is 3. The number of pyridine rings is 1. The van der Waals surface area contributed by atoms with Crippen molar-refractivity contribution in [3.8, 4) is 0 Å². The lowest BCUT2D eigenvalue weighted by molar-refractivity contribution is -0.0224. The number of aromatic amines is 1. The molecule has 0 aliphatic carbocycles. The number of aromatic nitrogens is 4. The van der Waals surface area contributed by atoms with Gasteiger partial charge in [-0.05, 0) is 49.2 Å². The lowest BCUT2D eigenvalue weighted by Crippen LogP contribution is -2.36. The second-order valence-electron chi connectivity index (χ2n) is 8.31. The molecule has 0 spiro atoms. The maximum absolute atomic E-state index is 13.4. The van der Waals surface area contributed by atoms with Crippen molar-refractivity contribution in [2.45, 2.75) is 25.0 Å². The molecule has 1 saturated heterocycles. The fourth-order valence-corrected chi connectivity index (χ4v) is 4.07. The van der Waals surface area contributed by atoms with Gasteiger partial charge in [-0.2, -0.15) is 0 Å². The van der Waals surface area contributed by atoms with Crippen LogP contribution in [0.3, 0.4) is 0 Å². The van der Waals surface area contributed by atoms with Crippen molar-refractivity contribution in [3.05, 3.63) is 78.0 Å². The molecule has 1 aromatic carbocycles. The smallest absolute Gasteiger partial charge is 0.257 e. The van der Waals surface area contributed by atoms with Crippen molar-refractivity contribution in [2.24, 2.45) is 0 Å². The minimum Gasteiger partial charge on any atom is -0.394 e. The molecule has 0 unspecified atom stereocenters. The Labute approximate surface area is 200 Å². The van der Waals surface area contributed by atoms with Crippen LogP contribution in [0.2, 0.25) is 0 Å². The predicted octanol–water partition coefficient (Wildman–Crippen LogP) is 2.79. The molecule has 0 saturated carbocycles. The second kappa shape index (κ2) is 10.00. The molecule has 1 aliphatic heterocycles. The lowest BCUT2D eigenvalue weighted by Gasteiger charge is -2.29. The number of H-pyrrole nitrogens is 1. The van der Waals surface area contributed by atoms with Gasteiger partial charge >= 0.3 is 0 Å². The van der Waals surface area contributed by atoms with Gasteiger partial charge < -0.3 is 25.5 Å². The summed E-state index contributed by atoms with van der Waals surface area (Å²) in [6.45, 7) is 0.448. The Morgan fingerprint density at radius 1 is 1.11 bits per heavy atom. The molecule has 0 radical (unpaired) electrons. The Morgan fingerprint density at radius 2 is 1.97 bits per heavy atom. The van der Waals surface area contributed by atoms with Gasteiger partial charge in [0.15, 0.2) is 5.78 Å². The van der Waals surface area contributed by atoms with Gasteiger partial charge in [0.05, 0.1) is 41.9 Å². The number of carbonyl (C=O) groups is 2. The molecule has 2 atom stereocenters. The summed E-state index contributed by atoms with van der Waals surface area (Å²) in [6, 6.07) is 10.1. The number of aliphatic hydroxyl groups is 1. The van der Waals surface area contributed by atoms with Gasteiger partial charge in [-0.15, -0.1) is 0 Å². The normalized spacial score (nSPS) is 17.7. The van der Waals surface area contributed by atoms with Gasteiger partial charge in [0.25, 0.3) is 5.91 Å². The molecule has 3 aromatic heterocycles. The summed E-state index contributed by atoms with van der Waals surface area (Å²) in [5.74, 6) is 0.0779. The quantitative estimate of drug-likeness (QED) is 0.301. The minimum absolute atomic E-state index is 0.00681. The summed E-state index contributed by atoms with van der Waals surface area (Å²) < 4.78 is 5.66. The van der Waals surface area contributed by atoms with Gasteiger partial charge in [-0.3, -0.25) is 14.6 Å². The SMILES string of the molecule is O=C(Nc1ccc(C(=O)c2c[nH]c3ncnc(N[C@@H]4CC[C@@H](CO)OC4)c23)cc1)c1cccnc1. The van der Waals surface area contributed by atoms with E-state index in [0.29, 0.717) is 45.8 Å². The summed E-state index contributed by atoms with van der Waals surface area (Å²) in [5.41, 5.74) is 2.48. The van der Waals surface area contributed by atoms with Crippen LogP contribution in [0.1, 0.15) is 39.1 Å². The zero-order chi connectivity index (χ0) is 24.2. The number of ketones is 1. The van der Waals surface area contributed by atoms with E-state index in [1.54, 1.807) is 48.8 Å². The molecule has 4 aromatic rings. The van der Waals surface area contributed by atoms with E-state index in [4.69, 9.17) is 4.74 Å². The number of hydrogen-bond donors (Lipinski definition) is 4. The Kier molecular flexibility index (Phi) is 6.47. The molecule has 178 valence electrons. The topological polar surface area (TPSA) is 142 Å². The summed E-state index contributed by atoms with van der Waals surface area (Å²) >= 11 is 0. The molecule has 1 aliphatic rings. The molecule has 35 heavy (non-hydrogen) atoms. The summed E-state index contributed by atoms with van der Waals surface area (Å²) in [5, 5.41) is 16.0. The average molecular weight is 473 g/mol. The fourth-order valence-electron chi connectivity index (χ4n) is 4.07. The van der Waals surface area contributed by atoms with Gasteiger partial charge in [-0.25, -0.2) is 9.97 Å². The molecule has 1 amide bonds. The zero-order valence-corrected chi connectivity index (χ0v) is 18.8. The first kappa shape index (κ1) is 22.6. The van der Waals surface area contributed by atoms with Crippen molar-refractivity contribution < 1.29 is 19.4 Å². The van der Waals surface area contributed by atoms with Crippen molar-refractivity contribution >= 4 is 34.2 Å². The Balaban J connectivity index is 1.34. The molecule has 4 N–H and O–H groups in total. The van der Waals surface area contributed by atoms with Crippen LogP contribution in [0.15, 0.2) is 61.3 Å². The monoisotopic (exact) mass is 472 g/mol. The average Bonchev–Trinajstić information content (AvgIpc) is 3.35. The zero-order valence-electron chi connectivity index (χ0n) is 18.8. The van der Waals surface area contributed by atoms with Gasteiger partial charge in [0.2, 0.25) is 0 Å². The maximum atomic E-state index is 13.4. The van der Waals surface area contributed by atoms with Crippen LogP contribution in [0, 0.1) is 0 Å². The van der Waals surface area contributed by atoms with Crippen LogP contribution < -0.4 is 10.6 Å². The van der Waals surface area contributed by atoms with Crippen LogP contribution >= 0.6 is 0 Å². The van der Waals surface area contributed by atoms with Crippen LogP contribution in [-0.4, -0.2) is 62.1 Å². The van der Waals surface area contributed by atoms with E-state index >= 15 is 0 Å². The molecule has 4 heterocycles. The van der Waals surface area contributed by atoms with E-state index in [0.717, 1.165) is 12.8 Å². The second-order valence-corrected chi connectivity index (χ2v) is 8.31. The van der Waals surface area contributed by atoms with E-state index < -0.39 is 0 Å². The molecule has 0 bridgehead atoms. The van der Waals surface area contributed by atoms with Gasteiger partial charge in [-0.1, -0.05) is 0 Å². The lowest BCUT2D eigenvalue weighted by atomic mass is 10.0. The number of aliphatic hydroxyl groups excluding tert-OH is 1. The van der Waals surface area contributed by atoms with Crippen molar-refractivity contribution in [2.75, 3.05) is 23.8 Å². The molecule has 1 fully saturated rings. The summed E-state index contributed by atoms with van der Waals surface area (Å²) in [6.07, 6.45) is 7.58. The molecule has 10 heteroatoms. The third kappa shape index (κ3) is 4.88. The predicted molar refractivity (Wildman–Crippen MR) is 129 cm³/mol. The molecule has 10 nitrogen and oxygen atoms in total. The first-order chi connectivity index (χ1) is 17.1. The largest absolute Gasteiger partial charge is 0.394 e. The Morgan fingerprint density at radius 3 is 2.69 bits per heavy atom. The first-order valence-electron chi connectivity index (χ1n) is 11.3. The van der Waals surface area contributed by atoms with E-state index in [9.17, 15) is 14.7 Å². The van der Waals surface area contributed by atoms with E-state index in [-0.39, 0.29) is 30.4 Å². The third-order valence-electron chi connectivity index (χ3n) is 5.96. The highest BCUT2D eigenvalue weighted by Gasteiger charge is 2.24. The highest BCUT2D eigenvalue weighted by Crippen LogP contribution is 2.28. The number of anilines is 2. The Hall–Kier alpha value is -4.15. The number of nitrogens with zero attached hydrogens (tertiary/aromatic N) is 3.